The topological polar surface area (TPSA) is 34.1 Å². The van der Waals surface area contributed by atoms with Crippen LogP contribution in [0.2, 0.25) is 0 Å². The maximum absolute atomic E-state index is 5.60. The minimum Gasteiger partial charge on any atom is -0.375 e. The van der Waals surface area contributed by atoms with Crippen molar-refractivity contribution in [2.45, 2.75) is 53.2 Å². The molecule has 0 radical (unpaired) electrons. The number of nitrogens with zero attached hydrogens (tertiary/aromatic N) is 1. The van der Waals surface area contributed by atoms with Gasteiger partial charge in [-0.3, -0.25) is 0 Å². The second kappa shape index (κ2) is 9.48. The van der Waals surface area contributed by atoms with Crippen LogP contribution in [0.25, 0.3) is 0 Å². The van der Waals surface area contributed by atoms with Crippen LogP contribution >= 0.6 is 11.3 Å². The minimum absolute atomic E-state index is 0.657. The Morgan fingerprint density at radius 1 is 1.39 bits per heavy atom. The van der Waals surface area contributed by atoms with E-state index in [1.165, 1.54) is 12.8 Å². The highest BCUT2D eigenvalue weighted by Crippen LogP contribution is 2.11. The molecule has 0 aliphatic heterocycles. The van der Waals surface area contributed by atoms with E-state index in [-0.39, 0.29) is 0 Å². The molecule has 0 atom stereocenters. The van der Waals surface area contributed by atoms with Crippen LogP contribution in [0.5, 0.6) is 0 Å². The normalized spacial score (nSPS) is 11.3. The van der Waals surface area contributed by atoms with E-state index < -0.39 is 0 Å². The van der Waals surface area contributed by atoms with Crippen LogP contribution in [0.4, 0.5) is 0 Å². The first-order chi connectivity index (χ1) is 8.72. The van der Waals surface area contributed by atoms with Crippen molar-refractivity contribution in [1.82, 2.24) is 10.3 Å². The molecular weight excluding hydrogens is 244 g/mol. The minimum atomic E-state index is 0.657. The predicted octanol–water partition coefficient (Wildman–Crippen LogP) is 3.60. The lowest BCUT2D eigenvalue weighted by atomic mass is 10.2. The van der Waals surface area contributed by atoms with E-state index in [0.717, 1.165) is 36.8 Å². The third kappa shape index (κ3) is 7.09. The van der Waals surface area contributed by atoms with Crippen molar-refractivity contribution in [2.75, 3.05) is 13.2 Å². The Morgan fingerprint density at radius 2 is 2.22 bits per heavy atom. The van der Waals surface area contributed by atoms with Crippen LogP contribution in [-0.2, 0) is 17.9 Å². The van der Waals surface area contributed by atoms with E-state index in [1.54, 1.807) is 11.3 Å². The van der Waals surface area contributed by atoms with Crippen LogP contribution in [-0.4, -0.2) is 18.1 Å². The van der Waals surface area contributed by atoms with Gasteiger partial charge in [-0.2, -0.15) is 0 Å². The van der Waals surface area contributed by atoms with Gasteiger partial charge in [-0.05, 0) is 18.9 Å². The Labute approximate surface area is 115 Å². The quantitative estimate of drug-likeness (QED) is 0.660. The molecule has 1 aromatic heterocycles. The molecule has 3 nitrogen and oxygen atoms in total. The van der Waals surface area contributed by atoms with Crippen LogP contribution in [0.1, 0.15) is 50.7 Å². The summed E-state index contributed by atoms with van der Waals surface area (Å²) in [6.07, 6.45) is 3.65. The van der Waals surface area contributed by atoms with Gasteiger partial charge in [0.15, 0.2) is 0 Å². The van der Waals surface area contributed by atoms with Gasteiger partial charge in [-0.25, -0.2) is 4.98 Å². The molecule has 0 saturated heterocycles. The van der Waals surface area contributed by atoms with Gasteiger partial charge in [0, 0.05) is 18.5 Å². The summed E-state index contributed by atoms with van der Waals surface area (Å²) >= 11 is 1.72. The zero-order chi connectivity index (χ0) is 13.2. The molecule has 1 heterocycles. The Hall–Kier alpha value is -0.450. The molecule has 0 bridgehead atoms. The van der Waals surface area contributed by atoms with E-state index in [2.05, 4.69) is 36.5 Å². The summed E-state index contributed by atoms with van der Waals surface area (Å²) in [7, 11) is 0. The molecule has 104 valence electrons. The first-order valence-corrected chi connectivity index (χ1v) is 7.82. The highest BCUT2D eigenvalue weighted by atomic mass is 32.1. The molecule has 0 aliphatic carbocycles. The number of ether oxygens (including phenoxy) is 1. The van der Waals surface area contributed by atoms with Gasteiger partial charge in [0.05, 0.1) is 12.3 Å². The molecule has 0 saturated carbocycles. The van der Waals surface area contributed by atoms with Gasteiger partial charge < -0.3 is 10.1 Å². The number of unbranched alkanes of at least 4 members (excludes halogenated alkanes) is 2. The average molecular weight is 270 g/mol. The van der Waals surface area contributed by atoms with Gasteiger partial charge in [0.25, 0.3) is 0 Å². The number of thiazole rings is 1. The summed E-state index contributed by atoms with van der Waals surface area (Å²) in [6.45, 7) is 10.1. The highest BCUT2D eigenvalue weighted by Gasteiger charge is 2.02. The van der Waals surface area contributed by atoms with Gasteiger partial charge >= 0.3 is 0 Å². The monoisotopic (exact) mass is 270 g/mol. The third-order valence-corrected chi connectivity index (χ3v) is 3.47. The fraction of sp³-hybridized carbons (Fsp3) is 0.786. The van der Waals surface area contributed by atoms with Gasteiger partial charge in [-0.1, -0.05) is 33.6 Å². The Morgan fingerprint density at radius 3 is 2.94 bits per heavy atom. The first kappa shape index (κ1) is 15.6. The molecule has 0 spiro atoms. The van der Waals surface area contributed by atoms with Gasteiger partial charge in [-0.15, -0.1) is 11.3 Å². The molecule has 1 rings (SSSR count). The average Bonchev–Trinajstić information content (AvgIpc) is 2.76. The standard InChI is InChI=1S/C14H26N2OS/c1-4-5-6-7-17-10-13-11-18-14(16-13)9-15-8-12(2)3/h11-12,15H,4-10H2,1-3H3. The maximum atomic E-state index is 5.60. The van der Waals surface area contributed by atoms with Gasteiger partial charge in [0.2, 0.25) is 0 Å². The van der Waals surface area contributed by atoms with Crippen molar-refractivity contribution >= 4 is 11.3 Å². The first-order valence-electron chi connectivity index (χ1n) is 6.94. The van der Waals surface area contributed by atoms with Crippen LogP contribution < -0.4 is 5.32 Å². The van der Waals surface area contributed by atoms with E-state index in [9.17, 15) is 0 Å². The third-order valence-electron chi connectivity index (χ3n) is 2.57. The zero-order valence-electron chi connectivity index (χ0n) is 11.9. The van der Waals surface area contributed by atoms with Crippen molar-refractivity contribution < 1.29 is 4.74 Å². The molecule has 0 aromatic carbocycles. The van der Waals surface area contributed by atoms with E-state index in [0.29, 0.717) is 12.5 Å². The Bertz CT molecular complexity index is 312. The van der Waals surface area contributed by atoms with Gasteiger partial charge in [0.1, 0.15) is 5.01 Å². The number of hydrogen-bond acceptors (Lipinski definition) is 4. The molecule has 1 aromatic rings. The second-order valence-corrected chi connectivity index (χ2v) is 5.96. The van der Waals surface area contributed by atoms with Crippen LogP contribution in [0.3, 0.4) is 0 Å². The molecule has 0 aliphatic rings. The molecule has 0 unspecified atom stereocenters. The smallest absolute Gasteiger partial charge is 0.107 e. The molecule has 4 heteroatoms. The number of rotatable bonds is 10. The van der Waals surface area contributed by atoms with Crippen molar-refractivity contribution in [1.29, 1.82) is 0 Å². The molecule has 0 fully saturated rings. The lowest BCUT2D eigenvalue weighted by molar-refractivity contribution is 0.115. The predicted molar refractivity (Wildman–Crippen MR) is 77.8 cm³/mol. The summed E-state index contributed by atoms with van der Waals surface area (Å²) in [5.41, 5.74) is 1.07. The Balaban J connectivity index is 2.13. The fourth-order valence-corrected chi connectivity index (χ4v) is 2.34. The molecule has 0 amide bonds. The number of nitrogens with one attached hydrogen (secondary N) is 1. The largest absolute Gasteiger partial charge is 0.375 e. The van der Waals surface area contributed by atoms with Crippen LogP contribution in [0.15, 0.2) is 5.38 Å². The van der Waals surface area contributed by atoms with Crippen molar-refractivity contribution in [3.05, 3.63) is 16.1 Å². The lowest BCUT2D eigenvalue weighted by Gasteiger charge is -2.04. The van der Waals surface area contributed by atoms with E-state index in [1.807, 2.05) is 0 Å². The fourth-order valence-electron chi connectivity index (χ4n) is 1.60. The number of aromatic nitrogens is 1. The summed E-state index contributed by atoms with van der Waals surface area (Å²) in [6, 6.07) is 0. The SMILES string of the molecule is CCCCCOCc1csc(CNCC(C)C)n1. The zero-order valence-corrected chi connectivity index (χ0v) is 12.7. The summed E-state index contributed by atoms with van der Waals surface area (Å²) in [5.74, 6) is 0.686. The van der Waals surface area contributed by atoms with Crippen molar-refractivity contribution in [3.63, 3.8) is 0 Å². The summed E-state index contributed by atoms with van der Waals surface area (Å²) in [5, 5.41) is 6.66. The van der Waals surface area contributed by atoms with E-state index >= 15 is 0 Å². The molecule has 1 N–H and O–H groups in total. The number of hydrogen-bond donors (Lipinski definition) is 1. The second-order valence-electron chi connectivity index (χ2n) is 5.02. The van der Waals surface area contributed by atoms with Crippen LogP contribution in [0, 0.1) is 5.92 Å². The maximum Gasteiger partial charge on any atom is 0.107 e. The van der Waals surface area contributed by atoms with E-state index in [4.69, 9.17) is 4.74 Å². The highest BCUT2D eigenvalue weighted by molar-refractivity contribution is 7.09. The summed E-state index contributed by atoms with van der Waals surface area (Å²) < 4.78 is 5.60. The molecular formula is C14H26N2OS. The Kier molecular flexibility index (Phi) is 8.22. The lowest BCUT2D eigenvalue weighted by Crippen LogP contribution is -2.18. The van der Waals surface area contributed by atoms with Crippen molar-refractivity contribution in [2.24, 2.45) is 5.92 Å². The summed E-state index contributed by atoms with van der Waals surface area (Å²) in [4.78, 5) is 4.56. The molecule has 18 heavy (non-hydrogen) atoms. The van der Waals surface area contributed by atoms with Crippen molar-refractivity contribution in [3.8, 4) is 0 Å².